The lowest BCUT2D eigenvalue weighted by Gasteiger charge is -2.24. The fraction of sp³-hybridized carbons (Fsp3) is 1.00. The van der Waals surface area contributed by atoms with Crippen molar-refractivity contribution in [2.45, 2.75) is 24.4 Å². The minimum Gasteiger partial charge on any atom is -0.394 e. The van der Waals surface area contributed by atoms with E-state index >= 15 is 0 Å². The lowest BCUT2D eigenvalue weighted by atomic mass is 10.0. The fourth-order valence-electron chi connectivity index (χ4n) is 0.671. The number of aliphatic hydroxyl groups is 6. The Balaban J connectivity index is -0.000000605. The lowest BCUT2D eigenvalue weighted by Crippen LogP contribution is -2.46. The molecule has 0 aromatic rings. The van der Waals surface area contributed by atoms with Crippen LogP contribution in [0.3, 0.4) is 0 Å². The van der Waals surface area contributed by atoms with Crippen LogP contribution in [0.5, 0.6) is 0 Å². The van der Waals surface area contributed by atoms with E-state index in [9.17, 15) is 0 Å². The summed E-state index contributed by atoms with van der Waals surface area (Å²) >= 11 is 0. The molecular weight excluding hydrogens is 218 g/mol. The van der Waals surface area contributed by atoms with E-state index < -0.39 is 37.6 Å². The van der Waals surface area contributed by atoms with E-state index in [-0.39, 0.29) is 18.6 Å². The molecule has 0 aliphatic heterocycles. The number of rotatable bonds is 5. The van der Waals surface area contributed by atoms with E-state index in [2.05, 4.69) is 0 Å². The van der Waals surface area contributed by atoms with E-state index in [1.807, 2.05) is 0 Å². The zero-order valence-corrected chi connectivity index (χ0v) is 8.34. The summed E-state index contributed by atoms with van der Waals surface area (Å²) < 4.78 is 0. The third-order valence-electron chi connectivity index (χ3n) is 1.51. The highest BCUT2D eigenvalue weighted by Crippen LogP contribution is 2.03. The van der Waals surface area contributed by atoms with Crippen LogP contribution < -0.4 is 6.15 Å². The van der Waals surface area contributed by atoms with Gasteiger partial charge in [0.05, 0.1) is 13.2 Å². The minimum absolute atomic E-state index is 0. The minimum atomic E-state index is -1.67. The molecule has 0 spiro atoms. The van der Waals surface area contributed by atoms with E-state index in [0.717, 1.165) is 0 Å². The molecular formula is C6H18ClNO6. The van der Waals surface area contributed by atoms with Crippen LogP contribution in [0.1, 0.15) is 0 Å². The number of aliphatic hydroxyl groups excluding tert-OH is 6. The standard InChI is InChI=1S/C6H14O6.ClH.H3N/c7-1-3(9)5(11)6(12)4(10)2-8;;/h3-12H,1-2H2;1H;1H3/t3-,4+,5-,6-;;/m1../s1. The summed E-state index contributed by atoms with van der Waals surface area (Å²) in [6.45, 7) is -1.45. The third kappa shape index (κ3) is 5.68. The largest absolute Gasteiger partial charge is 0.394 e. The molecule has 0 amide bonds. The summed E-state index contributed by atoms with van der Waals surface area (Å²) in [6, 6.07) is 0. The molecule has 14 heavy (non-hydrogen) atoms. The van der Waals surface area contributed by atoms with Gasteiger partial charge in [0.15, 0.2) is 0 Å². The Morgan fingerprint density at radius 2 is 0.929 bits per heavy atom. The maximum absolute atomic E-state index is 8.96. The normalized spacial score (nSPS) is 18.4. The smallest absolute Gasteiger partial charge is 0.111 e. The second-order valence-corrected chi connectivity index (χ2v) is 2.48. The maximum Gasteiger partial charge on any atom is 0.111 e. The molecule has 9 N–H and O–H groups in total. The summed E-state index contributed by atoms with van der Waals surface area (Å²) in [5, 5.41) is 52.2. The molecule has 4 atom stereocenters. The van der Waals surface area contributed by atoms with Gasteiger partial charge >= 0.3 is 0 Å². The summed E-state index contributed by atoms with van der Waals surface area (Å²) in [4.78, 5) is 0. The van der Waals surface area contributed by atoms with Gasteiger partial charge < -0.3 is 36.8 Å². The molecule has 0 rings (SSSR count). The quantitative estimate of drug-likeness (QED) is 0.268. The van der Waals surface area contributed by atoms with E-state index in [1.54, 1.807) is 0 Å². The maximum atomic E-state index is 8.96. The average Bonchev–Trinajstić information content (AvgIpc) is 2.12. The predicted octanol–water partition coefficient (Wildman–Crippen LogP) is -3.00. The van der Waals surface area contributed by atoms with Crippen LogP contribution in [0.15, 0.2) is 0 Å². The highest BCUT2D eigenvalue weighted by atomic mass is 35.5. The molecule has 0 unspecified atom stereocenters. The molecule has 7 nitrogen and oxygen atoms in total. The molecule has 0 heterocycles. The van der Waals surface area contributed by atoms with Crippen molar-refractivity contribution in [1.82, 2.24) is 6.15 Å². The summed E-state index contributed by atoms with van der Waals surface area (Å²) in [5.41, 5.74) is 0. The van der Waals surface area contributed by atoms with E-state index in [4.69, 9.17) is 30.6 Å². The Morgan fingerprint density at radius 3 is 1.07 bits per heavy atom. The first-order chi connectivity index (χ1) is 5.54. The summed E-state index contributed by atoms with van der Waals surface area (Å²) in [5.74, 6) is 0. The number of hydrogen-bond acceptors (Lipinski definition) is 7. The SMILES string of the molecule is Cl.N.OC[C@@H](O)[C@@H](O)[C@H](O)[C@@H](O)CO. The second kappa shape index (κ2) is 9.56. The lowest BCUT2D eigenvalue weighted by molar-refractivity contribution is -0.123. The van der Waals surface area contributed by atoms with Crippen LogP contribution in [0.25, 0.3) is 0 Å². The number of halogens is 1. The first-order valence-electron chi connectivity index (χ1n) is 3.48. The zero-order chi connectivity index (χ0) is 9.72. The van der Waals surface area contributed by atoms with Crippen LogP contribution >= 0.6 is 12.4 Å². The third-order valence-corrected chi connectivity index (χ3v) is 1.51. The Bertz CT molecular complexity index is 115. The van der Waals surface area contributed by atoms with Gasteiger partial charge in [0.2, 0.25) is 0 Å². The Kier molecular flexibility index (Phi) is 13.4. The summed E-state index contributed by atoms with van der Waals surface area (Å²) in [6.07, 6.45) is -6.39. The molecule has 0 saturated carbocycles. The van der Waals surface area contributed by atoms with Gasteiger partial charge in [-0.1, -0.05) is 0 Å². The van der Waals surface area contributed by atoms with E-state index in [1.165, 1.54) is 0 Å². The van der Waals surface area contributed by atoms with Crippen LogP contribution in [0, 0.1) is 0 Å². The van der Waals surface area contributed by atoms with Gasteiger partial charge in [-0.25, -0.2) is 0 Å². The molecule has 0 aromatic carbocycles. The average molecular weight is 236 g/mol. The molecule has 0 aliphatic rings. The van der Waals surface area contributed by atoms with Crippen molar-refractivity contribution in [1.29, 1.82) is 0 Å². The van der Waals surface area contributed by atoms with Crippen LogP contribution in [0.4, 0.5) is 0 Å². The van der Waals surface area contributed by atoms with E-state index in [0.29, 0.717) is 0 Å². The molecule has 90 valence electrons. The van der Waals surface area contributed by atoms with Crippen molar-refractivity contribution >= 4 is 12.4 Å². The Hall–Kier alpha value is 0.01000. The molecule has 0 aromatic heterocycles. The first-order valence-corrected chi connectivity index (χ1v) is 3.48. The molecule has 8 heteroatoms. The van der Waals surface area contributed by atoms with Crippen molar-refractivity contribution < 1.29 is 30.6 Å². The Labute approximate surface area is 87.6 Å². The second-order valence-electron chi connectivity index (χ2n) is 2.48. The Morgan fingerprint density at radius 1 is 0.714 bits per heavy atom. The summed E-state index contributed by atoms with van der Waals surface area (Å²) in [7, 11) is 0. The van der Waals surface area contributed by atoms with Crippen LogP contribution in [-0.4, -0.2) is 68.3 Å². The van der Waals surface area contributed by atoms with Crippen molar-refractivity contribution in [3.05, 3.63) is 0 Å². The highest BCUT2D eigenvalue weighted by Gasteiger charge is 2.29. The van der Waals surface area contributed by atoms with Crippen molar-refractivity contribution in [3.8, 4) is 0 Å². The van der Waals surface area contributed by atoms with Crippen molar-refractivity contribution in [2.24, 2.45) is 0 Å². The van der Waals surface area contributed by atoms with Gasteiger partial charge in [0.25, 0.3) is 0 Å². The number of hydrogen-bond donors (Lipinski definition) is 7. The first kappa shape index (κ1) is 19.6. The van der Waals surface area contributed by atoms with Gasteiger partial charge in [-0.15, -0.1) is 12.4 Å². The molecule has 0 saturated heterocycles. The molecule has 0 radical (unpaired) electrons. The van der Waals surface area contributed by atoms with Gasteiger partial charge in [0, 0.05) is 0 Å². The molecule has 0 fully saturated rings. The highest BCUT2D eigenvalue weighted by molar-refractivity contribution is 5.85. The van der Waals surface area contributed by atoms with Crippen molar-refractivity contribution in [2.75, 3.05) is 13.2 Å². The molecule has 0 aliphatic carbocycles. The van der Waals surface area contributed by atoms with Gasteiger partial charge in [0.1, 0.15) is 24.4 Å². The van der Waals surface area contributed by atoms with Crippen molar-refractivity contribution in [3.63, 3.8) is 0 Å². The predicted molar refractivity (Wildman–Crippen MR) is 50.5 cm³/mol. The van der Waals surface area contributed by atoms with Crippen LogP contribution in [0.2, 0.25) is 0 Å². The fourth-order valence-corrected chi connectivity index (χ4v) is 0.671. The van der Waals surface area contributed by atoms with Gasteiger partial charge in [-0.3, -0.25) is 0 Å². The van der Waals surface area contributed by atoms with Gasteiger partial charge in [-0.05, 0) is 0 Å². The zero-order valence-electron chi connectivity index (χ0n) is 7.52. The monoisotopic (exact) mass is 235 g/mol. The topological polar surface area (TPSA) is 156 Å². The van der Waals surface area contributed by atoms with Crippen LogP contribution in [-0.2, 0) is 0 Å². The van der Waals surface area contributed by atoms with Gasteiger partial charge in [-0.2, -0.15) is 0 Å². The molecule has 0 bridgehead atoms.